The van der Waals surface area contributed by atoms with Gasteiger partial charge >= 0.3 is 0 Å². The van der Waals surface area contributed by atoms with Crippen molar-refractivity contribution in [2.24, 2.45) is 0 Å². The zero-order chi connectivity index (χ0) is 20.9. The van der Waals surface area contributed by atoms with Crippen molar-refractivity contribution in [3.05, 3.63) is 66.0 Å². The Balaban J connectivity index is 1.67. The zero-order valence-electron chi connectivity index (χ0n) is 17.6. The van der Waals surface area contributed by atoms with Crippen LogP contribution in [-0.2, 0) is 24.1 Å². The molecule has 30 heavy (non-hydrogen) atoms. The Morgan fingerprint density at radius 2 is 1.77 bits per heavy atom. The molecule has 0 fully saturated rings. The Labute approximate surface area is 176 Å². The van der Waals surface area contributed by atoms with Gasteiger partial charge in [-0.25, -0.2) is 9.67 Å². The summed E-state index contributed by atoms with van der Waals surface area (Å²) in [4.78, 5) is 18.2. The molecule has 1 aromatic carbocycles. The van der Waals surface area contributed by atoms with E-state index in [1.165, 1.54) is 0 Å². The molecule has 0 radical (unpaired) electrons. The molecule has 4 aromatic rings. The van der Waals surface area contributed by atoms with Crippen molar-refractivity contribution in [1.29, 1.82) is 0 Å². The van der Waals surface area contributed by atoms with E-state index in [9.17, 15) is 0 Å². The second-order valence-corrected chi connectivity index (χ2v) is 7.53. The minimum atomic E-state index is 0.192. The average molecular weight is 403 g/mol. The smallest absolute Gasteiger partial charge is 0.158 e. The molecular formula is C23H26N6O. The molecule has 0 atom stereocenters. The summed E-state index contributed by atoms with van der Waals surface area (Å²) in [6, 6.07) is 10.1. The third kappa shape index (κ3) is 4.68. The van der Waals surface area contributed by atoms with Gasteiger partial charge in [0, 0.05) is 49.2 Å². The van der Waals surface area contributed by atoms with E-state index in [1.54, 1.807) is 12.4 Å². The molecule has 3 heterocycles. The zero-order valence-corrected chi connectivity index (χ0v) is 17.6. The van der Waals surface area contributed by atoms with Crippen molar-refractivity contribution in [3.63, 3.8) is 0 Å². The van der Waals surface area contributed by atoms with E-state index in [2.05, 4.69) is 27.9 Å². The molecule has 154 valence electrons. The summed E-state index contributed by atoms with van der Waals surface area (Å²) in [5.74, 6) is 1.63. The number of rotatable bonds is 8. The van der Waals surface area contributed by atoms with Crippen molar-refractivity contribution >= 4 is 11.0 Å². The van der Waals surface area contributed by atoms with Gasteiger partial charge < -0.3 is 4.74 Å². The third-order valence-corrected chi connectivity index (χ3v) is 4.85. The fraction of sp³-hybridized carbons (Fsp3) is 0.348. The summed E-state index contributed by atoms with van der Waals surface area (Å²) in [6.07, 6.45) is 6.89. The molecule has 0 saturated heterocycles. The first-order valence-corrected chi connectivity index (χ1v) is 10.3. The van der Waals surface area contributed by atoms with E-state index in [-0.39, 0.29) is 6.10 Å². The predicted molar refractivity (Wildman–Crippen MR) is 116 cm³/mol. The summed E-state index contributed by atoms with van der Waals surface area (Å²) in [5.41, 5.74) is 4.88. The van der Waals surface area contributed by atoms with Gasteiger partial charge in [-0.1, -0.05) is 6.07 Å². The van der Waals surface area contributed by atoms with E-state index in [1.807, 2.05) is 49.0 Å². The molecule has 0 spiro atoms. The van der Waals surface area contributed by atoms with E-state index >= 15 is 0 Å². The highest BCUT2D eigenvalue weighted by Gasteiger charge is 2.16. The number of hydrogen-bond donors (Lipinski definition) is 0. The molecule has 0 amide bonds. The average Bonchev–Trinajstić information content (AvgIpc) is 3.15. The van der Waals surface area contributed by atoms with Gasteiger partial charge in [-0.05, 0) is 50.6 Å². The second-order valence-electron chi connectivity index (χ2n) is 7.53. The minimum Gasteiger partial charge on any atom is -0.378 e. The van der Waals surface area contributed by atoms with Crippen LogP contribution in [0.25, 0.3) is 22.4 Å². The van der Waals surface area contributed by atoms with Gasteiger partial charge in [-0.3, -0.25) is 15.0 Å². The Bertz CT molecular complexity index is 1120. The molecule has 0 unspecified atom stereocenters. The van der Waals surface area contributed by atoms with Crippen molar-refractivity contribution < 1.29 is 4.74 Å². The normalized spacial score (nSPS) is 11.5. The minimum absolute atomic E-state index is 0.192. The highest BCUT2D eigenvalue weighted by atomic mass is 16.5. The highest BCUT2D eigenvalue weighted by Crippen LogP contribution is 2.26. The molecule has 7 nitrogen and oxygen atoms in total. The van der Waals surface area contributed by atoms with Gasteiger partial charge in [0.1, 0.15) is 0 Å². The van der Waals surface area contributed by atoms with Crippen molar-refractivity contribution in [2.45, 2.75) is 46.3 Å². The molecular weight excluding hydrogens is 376 g/mol. The van der Waals surface area contributed by atoms with Crippen molar-refractivity contribution in [3.8, 4) is 11.4 Å². The van der Waals surface area contributed by atoms with Crippen LogP contribution in [0.5, 0.6) is 0 Å². The number of pyridine rings is 1. The number of aromatic nitrogens is 6. The van der Waals surface area contributed by atoms with Crippen LogP contribution in [0.2, 0.25) is 0 Å². The molecule has 0 aliphatic rings. The number of aryl methyl sites for hydroxylation is 3. The lowest BCUT2D eigenvalue weighted by Crippen LogP contribution is -2.08. The molecule has 0 bridgehead atoms. The standard InChI is InChI=1S/C23H26N6O/c1-16(2)30-13-8-22-27-23(29(28-22)12-7-18-6-4-5-9-24-18)19-15-21-20(14-17(19)3)25-10-11-26-21/h4-6,9-11,14-16H,7-8,12-13H2,1-3H3. The molecule has 7 heteroatoms. The second kappa shape index (κ2) is 9.09. The first kappa shape index (κ1) is 20.1. The highest BCUT2D eigenvalue weighted by molar-refractivity contribution is 5.81. The first-order valence-electron chi connectivity index (χ1n) is 10.3. The van der Waals surface area contributed by atoms with Crippen LogP contribution in [0, 0.1) is 6.92 Å². The SMILES string of the molecule is Cc1cc2nccnc2cc1-c1nc(CCOC(C)C)nn1CCc1ccccn1. The van der Waals surface area contributed by atoms with Crippen LogP contribution in [0.4, 0.5) is 0 Å². The quantitative estimate of drug-likeness (QED) is 0.446. The summed E-state index contributed by atoms with van der Waals surface area (Å²) >= 11 is 0. The maximum absolute atomic E-state index is 5.69. The topological polar surface area (TPSA) is 78.6 Å². The number of nitrogens with zero attached hydrogens (tertiary/aromatic N) is 6. The van der Waals surface area contributed by atoms with Crippen molar-refractivity contribution in [2.75, 3.05) is 6.61 Å². The molecule has 4 rings (SSSR count). The summed E-state index contributed by atoms with van der Waals surface area (Å²) < 4.78 is 7.67. The largest absolute Gasteiger partial charge is 0.378 e. The van der Waals surface area contributed by atoms with Crippen LogP contribution in [-0.4, -0.2) is 42.4 Å². The molecule has 0 N–H and O–H groups in total. The summed E-state index contributed by atoms with van der Waals surface area (Å²) in [7, 11) is 0. The maximum atomic E-state index is 5.69. The molecule has 3 aromatic heterocycles. The number of hydrogen-bond acceptors (Lipinski definition) is 6. The molecule has 0 aliphatic carbocycles. The lowest BCUT2D eigenvalue weighted by Gasteiger charge is -2.09. The van der Waals surface area contributed by atoms with Crippen LogP contribution in [0.1, 0.15) is 30.9 Å². The maximum Gasteiger partial charge on any atom is 0.158 e. The van der Waals surface area contributed by atoms with Gasteiger partial charge in [0.2, 0.25) is 0 Å². The Morgan fingerprint density at radius 1 is 0.967 bits per heavy atom. The molecule has 0 saturated carbocycles. The fourth-order valence-electron chi connectivity index (χ4n) is 3.36. The number of benzene rings is 1. The van der Waals surface area contributed by atoms with E-state index in [0.717, 1.165) is 45.9 Å². The third-order valence-electron chi connectivity index (χ3n) is 4.85. The van der Waals surface area contributed by atoms with Crippen LogP contribution < -0.4 is 0 Å². The lowest BCUT2D eigenvalue weighted by molar-refractivity contribution is 0.0804. The molecule has 0 aliphatic heterocycles. The number of fused-ring (bicyclic) bond motifs is 1. The Hall–Kier alpha value is -3.19. The predicted octanol–water partition coefficient (Wildman–Crippen LogP) is 3.80. The van der Waals surface area contributed by atoms with Crippen LogP contribution in [0.3, 0.4) is 0 Å². The van der Waals surface area contributed by atoms with Gasteiger partial charge in [0.15, 0.2) is 11.6 Å². The van der Waals surface area contributed by atoms with Gasteiger partial charge in [-0.2, -0.15) is 5.10 Å². The van der Waals surface area contributed by atoms with E-state index in [4.69, 9.17) is 14.8 Å². The Morgan fingerprint density at radius 3 is 2.50 bits per heavy atom. The summed E-state index contributed by atoms with van der Waals surface area (Å²) in [6.45, 7) is 7.43. The number of ether oxygens (including phenoxy) is 1. The lowest BCUT2D eigenvalue weighted by atomic mass is 10.1. The monoisotopic (exact) mass is 402 g/mol. The van der Waals surface area contributed by atoms with E-state index in [0.29, 0.717) is 19.6 Å². The van der Waals surface area contributed by atoms with Gasteiger partial charge in [0.25, 0.3) is 0 Å². The van der Waals surface area contributed by atoms with Gasteiger partial charge in [0.05, 0.1) is 23.7 Å². The van der Waals surface area contributed by atoms with Crippen LogP contribution >= 0.6 is 0 Å². The first-order chi connectivity index (χ1) is 14.6. The van der Waals surface area contributed by atoms with E-state index < -0.39 is 0 Å². The summed E-state index contributed by atoms with van der Waals surface area (Å²) in [5, 5.41) is 4.78. The van der Waals surface area contributed by atoms with Crippen molar-refractivity contribution in [1.82, 2.24) is 29.7 Å². The van der Waals surface area contributed by atoms with Crippen LogP contribution in [0.15, 0.2) is 48.9 Å². The fourth-order valence-corrected chi connectivity index (χ4v) is 3.36. The Kier molecular flexibility index (Phi) is 6.09. The van der Waals surface area contributed by atoms with Gasteiger partial charge in [-0.15, -0.1) is 0 Å².